The van der Waals surface area contributed by atoms with E-state index in [1.807, 2.05) is 6.92 Å². The summed E-state index contributed by atoms with van der Waals surface area (Å²) in [6, 6.07) is 19.6. The first-order valence-corrected chi connectivity index (χ1v) is 9.67. The molecule has 0 fully saturated rings. The van der Waals surface area contributed by atoms with Gasteiger partial charge < -0.3 is 4.74 Å². The van der Waals surface area contributed by atoms with Crippen LogP contribution >= 0.6 is 0 Å². The maximum Gasteiger partial charge on any atom is 0.276 e. The molecule has 2 amide bonds. The Hall–Kier alpha value is -4.26. The van der Waals surface area contributed by atoms with Crippen LogP contribution < -0.4 is 9.64 Å². The number of rotatable bonds is 5. The lowest BCUT2D eigenvalue weighted by molar-refractivity contribution is -0.385. The molecular formula is C24H18N2O5. The molecule has 7 nitrogen and oxygen atoms in total. The van der Waals surface area contributed by atoms with Crippen molar-refractivity contribution in [3.05, 3.63) is 99.6 Å². The van der Waals surface area contributed by atoms with Crippen molar-refractivity contribution in [1.29, 1.82) is 0 Å². The summed E-state index contributed by atoms with van der Waals surface area (Å²) in [6.45, 7) is 2.36. The number of amides is 2. The lowest BCUT2D eigenvalue weighted by Gasteiger charge is -2.28. The first-order chi connectivity index (χ1) is 15.0. The number of anilines is 1. The van der Waals surface area contributed by atoms with E-state index in [1.54, 1.807) is 66.7 Å². The van der Waals surface area contributed by atoms with Crippen molar-refractivity contribution < 1.29 is 19.2 Å². The second kappa shape index (κ2) is 8.23. The first-order valence-electron chi connectivity index (χ1n) is 9.67. The van der Waals surface area contributed by atoms with Crippen molar-refractivity contribution in [2.45, 2.75) is 6.92 Å². The largest absolute Gasteiger partial charge is 0.494 e. The maximum atomic E-state index is 13.4. The summed E-state index contributed by atoms with van der Waals surface area (Å²) in [6.07, 6.45) is 1.47. The summed E-state index contributed by atoms with van der Waals surface area (Å²) in [5.41, 5.74) is 1.55. The number of para-hydroxylation sites is 1. The van der Waals surface area contributed by atoms with Crippen LogP contribution in [0.25, 0.3) is 11.6 Å². The Balaban J connectivity index is 1.86. The molecule has 7 heteroatoms. The number of hydrogen-bond donors (Lipinski definition) is 0. The normalized spacial score (nSPS) is 14.5. The van der Waals surface area contributed by atoms with Gasteiger partial charge in [0, 0.05) is 17.2 Å². The van der Waals surface area contributed by atoms with Gasteiger partial charge in [-0.25, -0.2) is 4.90 Å². The Kier molecular flexibility index (Phi) is 5.32. The molecule has 154 valence electrons. The Morgan fingerprint density at radius 2 is 1.55 bits per heavy atom. The molecule has 0 atom stereocenters. The summed E-state index contributed by atoms with van der Waals surface area (Å²) in [7, 11) is 0. The van der Waals surface area contributed by atoms with E-state index in [2.05, 4.69) is 0 Å². The van der Waals surface area contributed by atoms with Crippen LogP contribution in [-0.2, 0) is 4.79 Å². The van der Waals surface area contributed by atoms with Gasteiger partial charge in [-0.3, -0.25) is 19.7 Å². The molecule has 0 saturated carbocycles. The minimum atomic E-state index is -0.550. The molecule has 0 radical (unpaired) electrons. The second-order valence-electron chi connectivity index (χ2n) is 6.79. The third-order valence-electron chi connectivity index (χ3n) is 4.92. The molecule has 0 N–H and O–H groups in total. The molecule has 0 spiro atoms. The highest BCUT2D eigenvalue weighted by atomic mass is 16.6. The highest BCUT2D eigenvalue weighted by molar-refractivity contribution is 6.43. The predicted octanol–water partition coefficient (Wildman–Crippen LogP) is 4.72. The number of nitro benzene ring substituents is 1. The zero-order valence-electron chi connectivity index (χ0n) is 16.6. The van der Waals surface area contributed by atoms with Gasteiger partial charge in [0.1, 0.15) is 5.75 Å². The zero-order valence-corrected chi connectivity index (χ0v) is 16.6. The quantitative estimate of drug-likeness (QED) is 0.261. The van der Waals surface area contributed by atoms with Gasteiger partial charge in [-0.1, -0.05) is 30.3 Å². The summed E-state index contributed by atoms with van der Waals surface area (Å²) in [5, 5.41) is 11.4. The second-order valence-corrected chi connectivity index (χ2v) is 6.79. The van der Waals surface area contributed by atoms with Gasteiger partial charge in [-0.15, -0.1) is 0 Å². The van der Waals surface area contributed by atoms with Gasteiger partial charge in [0.15, 0.2) is 0 Å². The van der Waals surface area contributed by atoms with Crippen LogP contribution in [0, 0.1) is 10.1 Å². The van der Waals surface area contributed by atoms with E-state index in [1.165, 1.54) is 12.1 Å². The lowest BCUT2D eigenvalue weighted by Crippen LogP contribution is -2.41. The summed E-state index contributed by atoms with van der Waals surface area (Å²) in [4.78, 5) is 38.6. The molecule has 31 heavy (non-hydrogen) atoms. The average molecular weight is 414 g/mol. The summed E-state index contributed by atoms with van der Waals surface area (Å²) >= 11 is 0. The van der Waals surface area contributed by atoms with Crippen molar-refractivity contribution in [3.8, 4) is 5.75 Å². The molecule has 1 aliphatic rings. The Morgan fingerprint density at radius 1 is 0.903 bits per heavy atom. The third-order valence-corrected chi connectivity index (χ3v) is 4.92. The van der Waals surface area contributed by atoms with Crippen molar-refractivity contribution >= 4 is 34.8 Å². The van der Waals surface area contributed by atoms with Gasteiger partial charge >= 0.3 is 0 Å². The van der Waals surface area contributed by atoms with Crippen LogP contribution in [0.3, 0.4) is 0 Å². The standard InChI is InChI=1S/C24H18N2O5/c1-2-31-18-13-11-17(12-14-18)25-23(27)20-9-5-4-8-19(20)21(24(25)28)15-16-7-3-6-10-22(16)26(29)30/h3-15H,2H2,1H3/b21-15-. The van der Waals surface area contributed by atoms with E-state index in [4.69, 9.17) is 4.74 Å². The summed E-state index contributed by atoms with van der Waals surface area (Å²) in [5.74, 6) is -0.380. The van der Waals surface area contributed by atoms with Crippen LogP contribution in [0.5, 0.6) is 5.75 Å². The molecule has 0 unspecified atom stereocenters. The number of carbonyl (C=O) groups is 2. The molecule has 0 aliphatic carbocycles. The van der Waals surface area contributed by atoms with E-state index in [0.717, 1.165) is 4.90 Å². The zero-order chi connectivity index (χ0) is 22.0. The van der Waals surface area contributed by atoms with E-state index >= 15 is 0 Å². The van der Waals surface area contributed by atoms with Gasteiger partial charge in [0.05, 0.1) is 22.8 Å². The lowest BCUT2D eigenvalue weighted by atomic mass is 9.91. The third kappa shape index (κ3) is 3.69. The first kappa shape index (κ1) is 20.0. The Morgan fingerprint density at radius 3 is 2.23 bits per heavy atom. The number of hydrogen-bond acceptors (Lipinski definition) is 5. The highest BCUT2D eigenvalue weighted by Gasteiger charge is 2.36. The Bertz CT molecular complexity index is 1210. The van der Waals surface area contributed by atoms with Crippen LogP contribution in [-0.4, -0.2) is 23.3 Å². The molecule has 0 aromatic heterocycles. The number of imide groups is 1. The predicted molar refractivity (Wildman–Crippen MR) is 117 cm³/mol. The van der Waals surface area contributed by atoms with Gasteiger partial charge in [-0.05, 0) is 55.0 Å². The van der Waals surface area contributed by atoms with Crippen LogP contribution in [0.1, 0.15) is 28.4 Å². The van der Waals surface area contributed by atoms with E-state index in [0.29, 0.717) is 29.2 Å². The van der Waals surface area contributed by atoms with Crippen molar-refractivity contribution in [1.82, 2.24) is 0 Å². The molecular weight excluding hydrogens is 396 g/mol. The number of ether oxygens (including phenoxy) is 1. The fourth-order valence-corrected chi connectivity index (χ4v) is 3.52. The number of benzene rings is 3. The fraction of sp³-hybridized carbons (Fsp3) is 0.0833. The molecule has 0 saturated heterocycles. The van der Waals surface area contributed by atoms with Crippen LogP contribution in [0.2, 0.25) is 0 Å². The molecule has 3 aromatic carbocycles. The van der Waals surface area contributed by atoms with E-state index in [-0.39, 0.29) is 16.8 Å². The van der Waals surface area contributed by atoms with Crippen molar-refractivity contribution in [2.75, 3.05) is 11.5 Å². The van der Waals surface area contributed by atoms with Crippen LogP contribution in [0.4, 0.5) is 11.4 Å². The maximum absolute atomic E-state index is 13.4. The van der Waals surface area contributed by atoms with Crippen molar-refractivity contribution in [2.24, 2.45) is 0 Å². The molecule has 4 rings (SSSR count). The van der Waals surface area contributed by atoms with Gasteiger partial charge in [-0.2, -0.15) is 0 Å². The fourth-order valence-electron chi connectivity index (χ4n) is 3.52. The number of carbonyl (C=O) groups excluding carboxylic acids is 2. The monoisotopic (exact) mass is 414 g/mol. The summed E-state index contributed by atoms with van der Waals surface area (Å²) < 4.78 is 5.43. The number of nitrogens with zero attached hydrogens (tertiary/aromatic N) is 2. The van der Waals surface area contributed by atoms with E-state index in [9.17, 15) is 19.7 Å². The minimum Gasteiger partial charge on any atom is -0.494 e. The number of nitro groups is 1. The smallest absolute Gasteiger partial charge is 0.276 e. The van der Waals surface area contributed by atoms with Crippen molar-refractivity contribution in [3.63, 3.8) is 0 Å². The molecule has 1 aliphatic heterocycles. The van der Waals surface area contributed by atoms with Crippen LogP contribution in [0.15, 0.2) is 72.8 Å². The highest BCUT2D eigenvalue weighted by Crippen LogP contribution is 2.35. The average Bonchev–Trinajstić information content (AvgIpc) is 2.78. The van der Waals surface area contributed by atoms with Gasteiger partial charge in [0.25, 0.3) is 17.5 Å². The molecule has 1 heterocycles. The minimum absolute atomic E-state index is 0.121. The molecule has 0 bridgehead atoms. The van der Waals surface area contributed by atoms with Gasteiger partial charge in [0.2, 0.25) is 0 Å². The molecule has 3 aromatic rings. The number of fused-ring (bicyclic) bond motifs is 1. The topological polar surface area (TPSA) is 89.8 Å². The van der Waals surface area contributed by atoms with E-state index < -0.39 is 16.7 Å². The Labute approximate surface area is 178 Å². The SMILES string of the molecule is CCOc1ccc(N2C(=O)/C(=C\c3ccccc3[N+](=O)[O-])c3ccccc3C2=O)cc1.